The second-order valence-electron chi connectivity index (χ2n) is 4.77. The molecule has 0 aliphatic heterocycles. The first-order chi connectivity index (χ1) is 8.39. The molecule has 1 aromatic rings. The fourth-order valence-electron chi connectivity index (χ4n) is 2.05. The van der Waals surface area contributed by atoms with Gasteiger partial charge >= 0.3 is 11.9 Å². The number of rotatable bonds is 5. The number of esters is 1. The minimum absolute atomic E-state index is 0.105. The van der Waals surface area contributed by atoms with Crippen molar-refractivity contribution in [2.24, 2.45) is 5.41 Å². The van der Waals surface area contributed by atoms with Crippen LogP contribution in [-0.2, 0) is 14.3 Å². The van der Waals surface area contributed by atoms with E-state index in [-0.39, 0.29) is 6.42 Å². The van der Waals surface area contributed by atoms with E-state index in [1.54, 1.807) is 13.8 Å². The molecule has 1 N–H and O–H groups in total. The third-order valence-electron chi connectivity index (χ3n) is 3.16. The molecule has 4 nitrogen and oxygen atoms in total. The summed E-state index contributed by atoms with van der Waals surface area (Å²) in [5, 5.41) is 9.01. The first-order valence-electron chi connectivity index (χ1n) is 5.74. The van der Waals surface area contributed by atoms with Crippen LogP contribution in [0.15, 0.2) is 30.3 Å². The van der Waals surface area contributed by atoms with E-state index in [4.69, 9.17) is 9.84 Å². The molecule has 0 aromatic heterocycles. The van der Waals surface area contributed by atoms with E-state index in [0.717, 1.165) is 5.56 Å². The average molecular weight is 250 g/mol. The standard InChI is InChI=1S/C14H18O4/c1-14(2,13(17)18-3)11(9-12(15)16)10-7-5-4-6-8-10/h4-8,11H,9H2,1-3H3,(H,15,16)/t11-/m0/s1. The van der Waals surface area contributed by atoms with Gasteiger partial charge in [0.1, 0.15) is 0 Å². The molecule has 1 rings (SSSR count). The van der Waals surface area contributed by atoms with Crippen LogP contribution < -0.4 is 0 Å². The predicted octanol–water partition coefficient (Wildman–Crippen LogP) is 2.44. The molecule has 0 saturated heterocycles. The Hall–Kier alpha value is -1.84. The lowest BCUT2D eigenvalue weighted by Crippen LogP contribution is -2.34. The number of hydrogen-bond donors (Lipinski definition) is 1. The Kier molecular flexibility index (Phi) is 4.48. The third-order valence-corrected chi connectivity index (χ3v) is 3.16. The summed E-state index contributed by atoms with van der Waals surface area (Å²) in [5.41, 5.74) is -0.0515. The Balaban J connectivity index is 3.13. The quantitative estimate of drug-likeness (QED) is 0.815. The van der Waals surface area contributed by atoms with E-state index in [2.05, 4.69) is 0 Å². The summed E-state index contributed by atoms with van der Waals surface area (Å²) >= 11 is 0. The van der Waals surface area contributed by atoms with Crippen molar-refractivity contribution >= 4 is 11.9 Å². The number of aliphatic carboxylic acids is 1. The van der Waals surface area contributed by atoms with E-state index in [1.165, 1.54) is 7.11 Å². The summed E-state index contributed by atoms with van der Waals surface area (Å²) in [5.74, 6) is -1.75. The molecule has 98 valence electrons. The van der Waals surface area contributed by atoms with E-state index >= 15 is 0 Å². The summed E-state index contributed by atoms with van der Waals surface area (Å²) < 4.78 is 4.77. The largest absolute Gasteiger partial charge is 0.481 e. The highest BCUT2D eigenvalue weighted by atomic mass is 16.5. The van der Waals surface area contributed by atoms with E-state index in [9.17, 15) is 9.59 Å². The van der Waals surface area contributed by atoms with Gasteiger partial charge in [0, 0.05) is 5.92 Å². The maximum atomic E-state index is 11.8. The first-order valence-corrected chi connectivity index (χ1v) is 5.74. The summed E-state index contributed by atoms with van der Waals surface area (Å²) in [6.45, 7) is 3.42. The molecule has 0 fully saturated rings. The minimum Gasteiger partial charge on any atom is -0.481 e. The maximum Gasteiger partial charge on any atom is 0.311 e. The Labute approximate surface area is 107 Å². The van der Waals surface area contributed by atoms with Gasteiger partial charge in [-0.2, -0.15) is 0 Å². The van der Waals surface area contributed by atoms with Crippen LogP contribution in [-0.4, -0.2) is 24.2 Å². The Morgan fingerprint density at radius 3 is 2.28 bits per heavy atom. The van der Waals surface area contributed by atoms with E-state index < -0.39 is 23.3 Å². The van der Waals surface area contributed by atoms with Gasteiger partial charge < -0.3 is 9.84 Å². The fourth-order valence-corrected chi connectivity index (χ4v) is 2.05. The van der Waals surface area contributed by atoms with Crippen LogP contribution in [0.2, 0.25) is 0 Å². The molecule has 0 aliphatic carbocycles. The van der Waals surface area contributed by atoms with Crippen molar-refractivity contribution in [3.8, 4) is 0 Å². The molecule has 4 heteroatoms. The monoisotopic (exact) mass is 250 g/mol. The number of carbonyl (C=O) groups excluding carboxylic acids is 1. The molecule has 18 heavy (non-hydrogen) atoms. The molecule has 0 unspecified atom stereocenters. The van der Waals surface area contributed by atoms with Gasteiger partial charge in [0.2, 0.25) is 0 Å². The van der Waals surface area contributed by atoms with Crippen molar-refractivity contribution in [3.63, 3.8) is 0 Å². The molecule has 0 radical (unpaired) electrons. The molecule has 0 saturated carbocycles. The molecule has 1 atom stereocenters. The summed E-state index contributed by atoms with van der Waals surface area (Å²) in [4.78, 5) is 22.8. The van der Waals surface area contributed by atoms with Crippen LogP contribution in [0.1, 0.15) is 31.7 Å². The number of carbonyl (C=O) groups is 2. The number of hydrogen-bond acceptors (Lipinski definition) is 3. The minimum atomic E-state index is -0.930. The average Bonchev–Trinajstić information content (AvgIpc) is 2.35. The van der Waals surface area contributed by atoms with Crippen molar-refractivity contribution in [3.05, 3.63) is 35.9 Å². The lowest BCUT2D eigenvalue weighted by molar-refractivity contribution is -0.153. The topological polar surface area (TPSA) is 63.6 Å². The zero-order valence-electron chi connectivity index (χ0n) is 10.8. The van der Waals surface area contributed by atoms with Crippen molar-refractivity contribution in [2.45, 2.75) is 26.2 Å². The van der Waals surface area contributed by atoms with E-state index in [1.807, 2.05) is 30.3 Å². The van der Waals surface area contributed by atoms with Gasteiger partial charge in [-0.3, -0.25) is 9.59 Å². The number of ether oxygens (including phenoxy) is 1. The fraction of sp³-hybridized carbons (Fsp3) is 0.429. The molecular formula is C14H18O4. The summed E-state index contributed by atoms with van der Waals surface area (Å²) in [7, 11) is 1.31. The SMILES string of the molecule is COC(=O)C(C)(C)[C@@H](CC(=O)O)c1ccccc1. The zero-order valence-corrected chi connectivity index (χ0v) is 10.8. The molecule has 1 aromatic carbocycles. The van der Waals surface area contributed by atoms with Gasteiger partial charge in [-0.15, -0.1) is 0 Å². The number of carboxylic acids is 1. The lowest BCUT2D eigenvalue weighted by atomic mass is 9.73. The maximum absolute atomic E-state index is 11.8. The van der Waals surface area contributed by atoms with Gasteiger partial charge in [-0.05, 0) is 19.4 Å². The molecule has 0 amide bonds. The Morgan fingerprint density at radius 2 is 1.83 bits per heavy atom. The Morgan fingerprint density at radius 1 is 1.28 bits per heavy atom. The predicted molar refractivity (Wildman–Crippen MR) is 67.2 cm³/mol. The van der Waals surface area contributed by atoms with Crippen LogP contribution in [0.5, 0.6) is 0 Å². The molecule has 0 heterocycles. The summed E-state index contributed by atoms with van der Waals surface area (Å²) in [6, 6.07) is 9.18. The first kappa shape index (κ1) is 14.2. The molecule has 0 aliphatic rings. The van der Waals surface area contributed by atoms with Crippen LogP contribution in [0.4, 0.5) is 0 Å². The van der Waals surface area contributed by atoms with E-state index in [0.29, 0.717) is 0 Å². The molecule has 0 bridgehead atoms. The third kappa shape index (κ3) is 3.09. The second-order valence-corrected chi connectivity index (χ2v) is 4.77. The lowest BCUT2D eigenvalue weighted by Gasteiger charge is -2.31. The highest BCUT2D eigenvalue weighted by molar-refractivity contribution is 5.79. The number of methoxy groups -OCH3 is 1. The van der Waals surface area contributed by atoms with Crippen molar-refractivity contribution in [2.75, 3.05) is 7.11 Å². The Bertz CT molecular complexity index is 423. The second kappa shape index (κ2) is 5.67. The smallest absolute Gasteiger partial charge is 0.311 e. The number of carboxylic acid groups (broad SMARTS) is 1. The van der Waals surface area contributed by atoms with Gasteiger partial charge in [0.05, 0.1) is 18.9 Å². The normalized spacial score (nSPS) is 12.8. The zero-order chi connectivity index (χ0) is 13.8. The highest BCUT2D eigenvalue weighted by Crippen LogP contribution is 2.39. The van der Waals surface area contributed by atoms with Crippen molar-refractivity contribution < 1.29 is 19.4 Å². The van der Waals surface area contributed by atoms with Gasteiger partial charge in [-0.25, -0.2) is 0 Å². The van der Waals surface area contributed by atoms with Crippen molar-refractivity contribution in [1.82, 2.24) is 0 Å². The van der Waals surface area contributed by atoms with Crippen molar-refractivity contribution in [1.29, 1.82) is 0 Å². The molecular weight excluding hydrogens is 232 g/mol. The number of benzene rings is 1. The van der Waals surface area contributed by atoms with Gasteiger partial charge in [0.15, 0.2) is 0 Å². The van der Waals surface area contributed by atoms with Crippen LogP contribution in [0.3, 0.4) is 0 Å². The van der Waals surface area contributed by atoms with Gasteiger partial charge in [-0.1, -0.05) is 30.3 Å². The van der Waals surface area contributed by atoms with Crippen LogP contribution in [0.25, 0.3) is 0 Å². The van der Waals surface area contributed by atoms with Gasteiger partial charge in [0.25, 0.3) is 0 Å². The van der Waals surface area contributed by atoms with Crippen LogP contribution >= 0.6 is 0 Å². The highest BCUT2D eigenvalue weighted by Gasteiger charge is 2.39. The molecule has 0 spiro atoms. The van der Waals surface area contributed by atoms with Crippen LogP contribution in [0, 0.1) is 5.41 Å². The summed E-state index contributed by atoms with van der Waals surface area (Å²) in [6.07, 6.45) is -0.105.